The van der Waals surface area contributed by atoms with Crippen LogP contribution in [0.5, 0.6) is 0 Å². The Balaban J connectivity index is 1.80. The highest BCUT2D eigenvalue weighted by Crippen LogP contribution is 2.38. The van der Waals surface area contributed by atoms with Gasteiger partial charge in [-0.05, 0) is 97.1 Å². The molecule has 0 atom stereocenters. The maximum atomic E-state index is 14.5. The number of thioether (sulfide) groups is 1. The van der Waals surface area contributed by atoms with E-state index < -0.39 is 17.6 Å². The average Bonchev–Trinajstić information content (AvgIpc) is 2.94. The molecule has 9 heteroatoms. The lowest BCUT2D eigenvalue weighted by molar-refractivity contribution is -0.120. The molecular formula is C23H18FIN4O2S. The summed E-state index contributed by atoms with van der Waals surface area (Å²) in [5.41, 5.74) is 3.03. The first-order valence-corrected chi connectivity index (χ1v) is 11.5. The fourth-order valence-corrected chi connectivity index (χ4v) is 4.93. The molecule has 0 radical (unpaired) electrons. The Kier molecular flexibility index (Phi) is 6.29. The first-order chi connectivity index (χ1) is 15.2. The van der Waals surface area contributed by atoms with E-state index in [1.54, 1.807) is 6.07 Å². The van der Waals surface area contributed by atoms with Crippen molar-refractivity contribution in [2.75, 3.05) is 10.2 Å². The Labute approximate surface area is 202 Å². The summed E-state index contributed by atoms with van der Waals surface area (Å²) < 4.78 is 15.5. The van der Waals surface area contributed by atoms with Gasteiger partial charge in [-0.15, -0.1) is 0 Å². The molecule has 6 nitrogen and oxygen atoms in total. The molecule has 4 rings (SSSR count). The van der Waals surface area contributed by atoms with Crippen molar-refractivity contribution >= 4 is 57.5 Å². The van der Waals surface area contributed by atoms with Crippen LogP contribution in [-0.2, 0) is 9.59 Å². The molecule has 1 N–H and O–H groups in total. The van der Waals surface area contributed by atoms with E-state index >= 15 is 0 Å². The summed E-state index contributed by atoms with van der Waals surface area (Å²) >= 11 is 3.19. The molecule has 0 spiro atoms. The highest BCUT2D eigenvalue weighted by atomic mass is 127. The van der Waals surface area contributed by atoms with Gasteiger partial charge in [0.25, 0.3) is 11.8 Å². The standard InChI is InChI=1S/C23H18FIN4O2S/c1-12-10-15(25)8-9-17(12)28-19-20(32-23-26-13(2)11-14(3)27-23)22(31)29(21(19)30)18-7-5-4-6-16(18)24/h4-11,28H,1-3H3. The number of amides is 2. The lowest BCUT2D eigenvalue weighted by Gasteiger charge is -2.16. The second-order valence-corrected chi connectivity index (χ2v) is 9.44. The van der Waals surface area contributed by atoms with Crippen LogP contribution in [0.15, 0.2) is 64.3 Å². The summed E-state index contributed by atoms with van der Waals surface area (Å²) in [6.07, 6.45) is 0. The second-order valence-electron chi connectivity index (χ2n) is 7.22. The number of benzene rings is 2. The minimum Gasteiger partial charge on any atom is -0.350 e. The van der Waals surface area contributed by atoms with Gasteiger partial charge in [-0.3, -0.25) is 9.59 Å². The number of rotatable bonds is 5. The van der Waals surface area contributed by atoms with Gasteiger partial charge in [0.1, 0.15) is 16.4 Å². The van der Waals surface area contributed by atoms with Crippen molar-refractivity contribution in [1.82, 2.24) is 9.97 Å². The Bertz CT molecular complexity index is 1270. The normalized spacial score (nSPS) is 13.8. The van der Waals surface area contributed by atoms with E-state index in [4.69, 9.17) is 0 Å². The van der Waals surface area contributed by atoms with E-state index in [0.717, 1.165) is 37.2 Å². The molecule has 0 aliphatic carbocycles. The van der Waals surface area contributed by atoms with Gasteiger partial charge in [-0.2, -0.15) is 0 Å². The second kappa shape index (κ2) is 8.99. The number of nitrogens with zero attached hydrogens (tertiary/aromatic N) is 3. The SMILES string of the molecule is Cc1cc(C)nc(SC2=C(Nc3ccc(I)cc3C)C(=O)N(c3ccccc3F)C2=O)n1. The number of aromatic nitrogens is 2. The number of hydrogen-bond donors (Lipinski definition) is 1. The molecule has 0 saturated carbocycles. The number of para-hydroxylation sites is 1. The fraction of sp³-hybridized carbons (Fsp3) is 0.130. The first kappa shape index (κ1) is 22.4. The molecule has 0 unspecified atom stereocenters. The number of carbonyl (C=O) groups is 2. The number of imide groups is 1. The van der Waals surface area contributed by atoms with Crippen molar-refractivity contribution in [3.63, 3.8) is 0 Å². The van der Waals surface area contributed by atoms with Crippen LogP contribution in [0.2, 0.25) is 0 Å². The van der Waals surface area contributed by atoms with E-state index in [1.165, 1.54) is 18.2 Å². The van der Waals surface area contributed by atoms with Crippen LogP contribution >= 0.6 is 34.4 Å². The maximum Gasteiger partial charge on any atom is 0.283 e. The van der Waals surface area contributed by atoms with Gasteiger partial charge in [-0.25, -0.2) is 19.3 Å². The summed E-state index contributed by atoms with van der Waals surface area (Å²) in [5, 5.41) is 3.44. The highest BCUT2D eigenvalue weighted by molar-refractivity contribution is 14.1. The summed E-state index contributed by atoms with van der Waals surface area (Å²) in [4.78, 5) is 36.4. The van der Waals surface area contributed by atoms with Crippen LogP contribution in [0.4, 0.5) is 15.8 Å². The Morgan fingerprint density at radius 3 is 2.31 bits per heavy atom. The van der Waals surface area contributed by atoms with Crippen LogP contribution in [0, 0.1) is 30.2 Å². The summed E-state index contributed by atoms with van der Waals surface area (Å²) in [5.74, 6) is -1.92. The summed E-state index contributed by atoms with van der Waals surface area (Å²) in [7, 11) is 0. The maximum absolute atomic E-state index is 14.5. The van der Waals surface area contributed by atoms with E-state index in [0.29, 0.717) is 10.8 Å². The number of carbonyl (C=O) groups excluding carboxylic acids is 2. The largest absolute Gasteiger partial charge is 0.350 e. The number of halogens is 2. The van der Waals surface area contributed by atoms with Crippen LogP contribution in [0.3, 0.4) is 0 Å². The van der Waals surface area contributed by atoms with Crippen molar-refractivity contribution in [3.8, 4) is 0 Å². The quantitative estimate of drug-likeness (QED) is 0.265. The number of nitrogens with one attached hydrogen (secondary N) is 1. The molecule has 2 aromatic carbocycles. The van der Waals surface area contributed by atoms with E-state index in [9.17, 15) is 14.0 Å². The zero-order valence-electron chi connectivity index (χ0n) is 17.4. The van der Waals surface area contributed by atoms with Gasteiger partial charge in [0.15, 0.2) is 5.16 Å². The van der Waals surface area contributed by atoms with Crippen molar-refractivity contribution < 1.29 is 14.0 Å². The third kappa shape index (κ3) is 4.40. The lowest BCUT2D eigenvalue weighted by atomic mass is 10.2. The molecule has 3 aromatic rings. The molecule has 0 fully saturated rings. The van der Waals surface area contributed by atoms with Crippen molar-refractivity contribution in [2.45, 2.75) is 25.9 Å². The van der Waals surface area contributed by atoms with E-state index in [1.807, 2.05) is 45.0 Å². The van der Waals surface area contributed by atoms with Crippen molar-refractivity contribution in [2.24, 2.45) is 0 Å². The minimum absolute atomic E-state index is 0.0651. The molecule has 2 heterocycles. The number of anilines is 2. The predicted molar refractivity (Wildman–Crippen MR) is 131 cm³/mol. The third-order valence-corrected chi connectivity index (χ3v) is 6.36. The molecular weight excluding hydrogens is 542 g/mol. The Hall–Kier alpha value is -2.79. The van der Waals surface area contributed by atoms with Gasteiger partial charge in [0.2, 0.25) is 0 Å². The van der Waals surface area contributed by atoms with Gasteiger partial charge >= 0.3 is 0 Å². The van der Waals surface area contributed by atoms with Crippen molar-refractivity contribution in [3.05, 3.63) is 85.5 Å². The number of aryl methyl sites for hydroxylation is 3. The number of hydrogen-bond acceptors (Lipinski definition) is 6. The molecule has 0 saturated heterocycles. The first-order valence-electron chi connectivity index (χ1n) is 9.65. The topological polar surface area (TPSA) is 75.2 Å². The lowest BCUT2D eigenvalue weighted by Crippen LogP contribution is -2.33. The Morgan fingerprint density at radius 1 is 0.969 bits per heavy atom. The van der Waals surface area contributed by atoms with Gasteiger partial charge in [0.05, 0.1) is 5.69 Å². The summed E-state index contributed by atoms with van der Waals surface area (Å²) in [6, 6.07) is 13.2. The zero-order valence-corrected chi connectivity index (χ0v) is 20.4. The zero-order chi connectivity index (χ0) is 23.0. The van der Waals surface area contributed by atoms with Crippen molar-refractivity contribution in [1.29, 1.82) is 0 Å². The molecule has 1 aromatic heterocycles. The van der Waals surface area contributed by atoms with Gasteiger partial charge < -0.3 is 5.32 Å². The monoisotopic (exact) mass is 560 g/mol. The highest BCUT2D eigenvalue weighted by Gasteiger charge is 2.41. The molecule has 1 aliphatic heterocycles. The average molecular weight is 560 g/mol. The fourth-order valence-electron chi connectivity index (χ4n) is 3.30. The van der Waals surface area contributed by atoms with Gasteiger partial charge in [0, 0.05) is 20.6 Å². The van der Waals surface area contributed by atoms with E-state index in [2.05, 4.69) is 37.9 Å². The summed E-state index contributed by atoms with van der Waals surface area (Å²) in [6.45, 7) is 5.56. The van der Waals surface area contributed by atoms with E-state index in [-0.39, 0.29) is 16.3 Å². The molecule has 0 bridgehead atoms. The molecule has 2 amide bonds. The predicted octanol–water partition coefficient (Wildman–Crippen LogP) is 5.13. The van der Waals surface area contributed by atoms with Crippen LogP contribution < -0.4 is 10.2 Å². The van der Waals surface area contributed by atoms with Gasteiger partial charge in [-0.1, -0.05) is 12.1 Å². The smallest absolute Gasteiger partial charge is 0.283 e. The van der Waals surface area contributed by atoms with Crippen LogP contribution in [0.25, 0.3) is 0 Å². The molecule has 1 aliphatic rings. The molecule has 162 valence electrons. The third-order valence-electron chi connectivity index (χ3n) is 4.74. The Morgan fingerprint density at radius 2 is 1.66 bits per heavy atom. The van der Waals surface area contributed by atoms with Crippen LogP contribution in [0.1, 0.15) is 17.0 Å². The van der Waals surface area contributed by atoms with Crippen LogP contribution in [-0.4, -0.2) is 21.8 Å². The minimum atomic E-state index is -0.659. The molecule has 32 heavy (non-hydrogen) atoms.